The molecule has 0 atom stereocenters. The van der Waals surface area contributed by atoms with E-state index >= 15 is 0 Å². The first kappa shape index (κ1) is 14.3. The van der Waals surface area contributed by atoms with Gasteiger partial charge in [-0.3, -0.25) is 0 Å². The maximum absolute atomic E-state index is 4.69. The molecule has 0 radical (unpaired) electrons. The Balaban J connectivity index is 2.03. The summed E-state index contributed by atoms with van der Waals surface area (Å²) >= 11 is 0. The van der Waals surface area contributed by atoms with Crippen LogP contribution in [0.15, 0.2) is 12.3 Å². The van der Waals surface area contributed by atoms with Gasteiger partial charge in [0.15, 0.2) is 0 Å². The molecule has 0 aliphatic heterocycles. The first-order valence-electron chi connectivity index (χ1n) is 7.54. The number of hydrogen-bond donors (Lipinski definition) is 1. The zero-order valence-electron chi connectivity index (χ0n) is 12.7. The van der Waals surface area contributed by atoms with Crippen LogP contribution in [0.3, 0.4) is 0 Å². The van der Waals surface area contributed by atoms with E-state index in [4.69, 9.17) is 0 Å². The second-order valence-electron chi connectivity index (χ2n) is 6.07. The van der Waals surface area contributed by atoms with Gasteiger partial charge in [-0.2, -0.15) is 0 Å². The number of nitrogens with zero attached hydrogens (tertiary/aromatic N) is 2. The summed E-state index contributed by atoms with van der Waals surface area (Å²) in [5.41, 5.74) is 2.59. The molecule has 0 bridgehead atoms. The van der Waals surface area contributed by atoms with Crippen LogP contribution in [-0.2, 0) is 6.54 Å². The van der Waals surface area contributed by atoms with E-state index in [9.17, 15) is 0 Å². The van der Waals surface area contributed by atoms with Crippen molar-refractivity contribution in [1.29, 1.82) is 0 Å². The zero-order valence-corrected chi connectivity index (χ0v) is 12.7. The molecule has 0 aromatic carbocycles. The molecule has 19 heavy (non-hydrogen) atoms. The summed E-state index contributed by atoms with van der Waals surface area (Å²) in [6.45, 7) is 11.9. The molecule has 0 spiro atoms. The summed E-state index contributed by atoms with van der Waals surface area (Å²) < 4.78 is 0. The van der Waals surface area contributed by atoms with Gasteiger partial charge in [0.2, 0.25) is 0 Å². The Labute approximate surface area is 117 Å². The van der Waals surface area contributed by atoms with Crippen LogP contribution in [0.1, 0.15) is 44.7 Å². The standard InChI is InChI=1S/C16H27N3/c1-5-19(11-12(2)3)16-13(4)8-14(10-18-16)9-17-15-6-7-15/h8,10,12,15,17H,5-7,9,11H2,1-4H3. The third kappa shape index (κ3) is 4.20. The number of aryl methyl sites for hydroxylation is 1. The molecule has 2 rings (SSSR count). The highest BCUT2D eigenvalue weighted by Crippen LogP contribution is 2.21. The average molecular weight is 261 g/mol. The van der Waals surface area contributed by atoms with Crippen LogP contribution >= 0.6 is 0 Å². The first-order valence-corrected chi connectivity index (χ1v) is 7.54. The molecule has 1 heterocycles. The van der Waals surface area contributed by atoms with Crippen LogP contribution < -0.4 is 10.2 Å². The van der Waals surface area contributed by atoms with Crippen LogP contribution in [0.2, 0.25) is 0 Å². The van der Waals surface area contributed by atoms with Gasteiger partial charge in [0.05, 0.1) is 0 Å². The van der Waals surface area contributed by atoms with Crippen LogP contribution in [0, 0.1) is 12.8 Å². The number of hydrogen-bond acceptors (Lipinski definition) is 3. The lowest BCUT2D eigenvalue weighted by Gasteiger charge is -2.25. The Hall–Kier alpha value is -1.09. The minimum Gasteiger partial charge on any atom is -0.356 e. The van der Waals surface area contributed by atoms with E-state index in [0.717, 1.165) is 31.5 Å². The molecule has 1 aromatic rings. The van der Waals surface area contributed by atoms with Crippen molar-refractivity contribution < 1.29 is 0 Å². The van der Waals surface area contributed by atoms with Crippen molar-refractivity contribution in [3.05, 3.63) is 23.4 Å². The smallest absolute Gasteiger partial charge is 0.131 e. The van der Waals surface area contributed by atoms with E-state index in [1.165, 1.54) is 24.0 Å². The molecule has 1 saturated carbocycles. The molecule has 1 aromatic heterocycles. The molecule has 0 unspecified atom stereocenters. The molecule has 0 amide bonds. The lowest BCUT2D eigenvalue weighted by Crippen LogP contribution is -2.29. The van der Waals surface area contributed by atoms with Gasteiger partial charge in [-0.25, -0.2) is 4.98 Å². The normalized spacial score (nSPS) is 15.0. The van der Waals surface area contributed by atoms with Gasteiger partial charge in [0.1, 0.15) is 5.82 Å². The molecule has 3 heteroatoms. The molecule has 3 nitrogen and oxygen atoms in total. The lowest BCUT2D eigenvalue weighted by atomic mass is 10.1. The Morgan fingerprint density at radius 2 is 2.16 bits per heavy atom. The second kappa shape index (κ2) is 6.38. The highest BCUT2D eigenvalue weighted by Gasteiger charge is 2.20. The van der Waals surface area contributed by atoms with Gasteiger partial charge in [-0.1, -0.05) is 13.8 Å². The fourth-order valence-electron chi connectivity index (χ4n) is 2.41. The Kier molecular flexibility index (Phi) is 4.81. The minimum absolute atomic E-state index is 0.664. The fraction of sp³-hybridized carbons (Fsp3) is 0.688. The predicted molar refractivity (Wildman–Crippen MR) is 81.6 cm³/mol. The number of nitrogens with one attached hydrogen (secondary N) is 1. The van der Waals surface area contributed by atoms with Gasteiger partial charge < -0.3 is 10.2 Å². The van der Waals surface area contributed by atoms with Gasteiger partial charge in [0, 0.05) is 31.9 Å². The fourth-order valence-corrected chi connectivity index (χ4v) is 2.41. The van der Waals surface area contributed by atoms with Crippen molar-refractivity contribution in [1.82, 2.24) is 10.3 Å². The van der Waals surface area contributed by atoms with E-state index < -0.39 is 0 Å². The van der Waals surface area contributed by atoms with Crippen molar-refractivity contribution in [3.63, 3.8) is 0 Å². The second-order valence-corrected chi connectivity index (χ2v) is 6.07. The Morgan fingerprint density at radius 1 is 1.42 bits per heavy atom. The molecule has 106 valence electrons. The monoisotopic (exact) mass is 261 g/mol. The third-order valence-electron chi connectivity index (χ3n) is 3.55. The quantitative estimate of drug-likeness (QED) is 0.817. The van der Waals surface area contributed by atoms with Crippen molar-refractivity contribution in [2.45, 2.75) is 53.1 Å². The summed E-state index contributed by atoms with van der Waals surface area (Å²) in [5.74, 6) is 1.81. The van der Waals surface area contributed by atoms with Crippen LogP contribution in [0.25, 0.3) is 0 Å². The number of anilines is 1. The topological polar surface area (TPSA) is 28.2 Å². The summed E-state index contributed by atoms with van der Waals surface area (Å²) in [6.07, 6.45) is 4.70. The Bertz CT molecular complexity index is 410. The Morgan fingerprint density at radius 3 is 2.68 bits per heavy atom. The minimum atomic E-state index is 0.664. The molecular weight excluding hydrogens is 234 g/mol. The molecule has 1 fully saturated rings. The van der Waals surface area contributed by atoms with Gasteiger partial charge >= 0.3 is 0 Å². The number of rotatable bonds is 7. The molecule has 0 saturated heterocycles. The van der Waals surface area contributed by atoms with Gasteiger partial charge in [-0.05, 0) is 49.8 Å². The predicted octanol–water partition coefficient (Wildman–Crippen LogP) is 3.12. The molecular formula is C16H27N3. The summed E-state index contributed by atoms with van der Waals surface area (Å²) in [4.78, 5) is 7.06. The van der Waals surface area contributed by atoms with Crippen molar-refractivity contribution in [2.24, 2.45) is 5.92 Å². The van der Waals surface area contributed by atoms with Crippen LogP contribution in [0.4, 0.5) is 5.82 Å². The van der Waals surface area contributed by atoms with E-state index in [2.05, 4.69) is 49.0 Å². The summed E-state index contributed by atoms with van der Waals surface area (Å²) in [7, 11) is 0. The third-order valence-corrected chi connectivity index (χ3v) is 3.55. The van der Waals surface area contributed by atoms with Crippen LogP contribution in [-0.4, -0.2) is 24.1 Å². The summed E-state index contributed by atoms with van der Waals surface area (Å²) in [6, 6.07) is 3.04. The van der Waals surface area contributed by atoms with E-state index in [1.807, 2.05) is 6.20 Å². The molecule has 1 aliphatic rings. The molecule has 1 aliphatic carbocycles. The SMILES string of the molecule is CCN(CC(C)C)c1ncc(CNC2CC2)cc1C. The summed E-state index contributed by atoms with van der Waals surface area (Å²) in [5, 5.41) is 3.54. The lowest BCUT2D eigenvalue weighted by molar-refractivity contribution is 0.613. The van der Waals surface area contributed by atoms with E-state index in [-0.39, 0.29) is 0 Å². The first-order chi connectivity index (χ1) is 9.10. The number of aromatic nitrogens is 1. The highest BCUT2D eigenvalue weighted by atomic mass is 15.2. The zero-order chi connectivity index (χ0) is 13.8. The largest absolute Gasteiger partial charge is 0.356 e. The highest BCUT2D eigenvalue weighted by molar-refractivity contribution is 5.47. The van der Waals surface area contributed by atoms with E-state index in [0.29, 0.717) is 5.92 Å². The average Bonchev–Trinajstić information content (AvgIpc) is 3.18. The van der Waals surface area contributed by atoms with Gasteiger partial charge in [-0.15, -0.1) is 0 Å². The van der Waals surface area contributed by atoms with E-state index in [1.54, 1.807) is 0 Å². The van der Waals surface area contributed by atoms with Crippen molar-refractivity contribution in [3.8, 4) is 0 Å². The van der Waals surface area contributed by atoms with Crippen LogP contribution in [0.5, 0.6) is 0 Å². The molecule has 1 N–H and O–H groups in total. The van der Waals surface area contributed by atoms with Crippen molar-refractivity contribution in [2.75, 3.05) is 18.0 Å². The van der Waals surface area contributed by atoms with Crippen molar-refractivity contribution >= 4 is 5.82 Å². The van der Waals surface area contributed by atoms with Gasteiger partial charge in [0.25, 0.3) is 0 Å². The maximum atomic E-state index is 4.69. The number of pyridine rings is 1. The maximum Gasteiger partial charge on any atom is 0.131 e.